The van der Waals surface area contributed by atoms with Gasteiger partial charge in [-0.3, -0.25) is 9.59 Å². The Hall–Kier alpha value is -4.36. The summed E-state index contributed by atoms with van der Waals surface area (Å²) < 4.78 is 5.30. The number of piperidine rings is 1. The molecule has 4 aromatic rings. The molecule has 0 spiro atoms. The van der Waals surface area contributed by atoms with Crippen LogP contribution in [0, 0.1) is 5.92 Å². The van der Waals surface area contributed by atoms with Crippen LogP contribution in [0.25, 0.3) is 0 Å². The average Bonchev–Trinajstić information content (AvgIpc) is 3.39. The normalized spacial score (nSPS) is 20.8. The molecule has 2 heterocycles. The number of hydrogen-bond donors (Lipinski definition) is 1. The molecular formula is C38H37NO5S. The third-order valence-electron chi connectivity index (χ3n) is 9.10. The Bertz CT molecular complexity index is 1500. The van der Waals surface area contributed by atoms with Gasteiger partial charge in [0.05, 0.1) is 10.3 Å². The minimum absolute atomic E-state index is 0.0214. The van der Waals surface area contributed by atoms with Gasteiger partial charge in [0.2, 0.25) is 5.91 Å². The fraction of sp³-hybridized carbons (Fsp3) is 0.289. The molecule has 6 rings (SSSR count). The minimum Gasteiger partial charge on any atom is -0.481 e. The van der Waals surface area contributed by atoms with Gasteiger partial charge in [-0.1, -0.05) is 109 Å². The maximum atomic E-state index is 13.7. The summed E-state index contributed by atoms with van der Waals surface area (Å²) in [6.07, 6.45) is 1.86. The van der Waals surface area contributed by atoms with E-state index in [1.807, 2.05) is 36.0 Å². The van der Waals surface area contributed by atoms with Crippen molar-refractivity contribution >= 4 is 29.6 Å². The average molecular weight is 620 g/mol. The number of fused-ring (bicyclic) bond motifs is 2. The number of carbonyl (C=O) groups excluding carboxylic acids is 2. The van der Waals surface area contributed by atoms with Crippen molar-refractivity contribution in [2.75, 3.05) is 5.75 Å². The van der Waals surface area contributed by atoms with Gasteiger partial charge in [0, 0.05) is 24.9 Å². The summed E-state index contributed by atoms with van der Waals surface area (Å²) in [4.78, 5) is 40.8. The molecule has 2 aliphatic rings. The Morgan fingerprint density at radius 3 is 1.78 bits per heavy atom. The molecule has 2 aliphatic heterocycles. The number of carbonyl (C=O) groups is 3. The number of carboxylic acid groups (broad SMARTS) is 1. The smallest absolute Gasteiger partial charge is 0.338 e. The number of aliphatic carboxylic acids is 1. The quantitative estimate of drug-likeness (QED) is 0.109. The molecule has 2 bridgehead atoms. The van der Waals surface area contributed by atoms with E-state index in [9.17, 15) is 19.5 Å². The molecule has 0 aliphatic carbocycles. The number of ether oxygens (including phenoxy) is 1. The zero-order valence-corrected chi connectivity index (χ0v) is 25.9. The second-order valence-electron chi connectivity index (χ2n) is 11.7. The summed E-state index contributed by atoms with van der Waals surface area (Å²) in [7, 11) is 0. The standard InChI is InChI=1S/C38H37NO5S/c40-34(39-31-23-24-32(39)35(36(41)42)33(26-31)44-37(43)27-14-5-1-6-15-27)22-13-25-45-38(28-16-7-2-8-17-28,29-18-9-3-10-19-29)30-20-11-4-12-21-30/h1-12,14-21,31-33,35H,13,22-26H2,(H,41,42)/t31-,32+,33-,35+/m0/s1. The van der Waals surface area contributed by atoms with Crippen LogP contribution in [0.5, 0.6) is 0 Å². The third-order valence-corrected chi connectivity index (χ3v) is 10.7. The summed E-state index contributed by atoms with van der Waals surface area (Å²) in [6.45, 7) is 0. The first-order valence-electron chi connectivity index (χ1n) is 15.6. The summed E-state index contributed by atoms with van der Waals surface area (Å²) in [6, 6.07) is 39.5. The molecule has 7 heteroatoms. The van der Waals surface area contributed by atoms with E-state index >= 15 is 0 Å². The third kappa shape index (κ3) is 6.27. The van der Waals surface area contributed by atoms with Gasteiger partial charge >= 0.3 is 11.9 Å². The van der Waals surface area contributed by atoms with E-state index in [4.69, 9.17) is 4.74 Å². The molecule has 0 saturated carbocycles. The maximum Gasteiger partial charge on any atom is 0.338 e. The van der Waals surface area contributed by atoms with Crippen LogP contribution in [-0.4, -0.2) is 51.8 Å². The lowest BCUT2D eigenvalue weighted by Gasteiger charge is -2.42. The van der Waals surface area contributed by atoms with Crippen LogP contribution in [0.15, 0.2) is 121 Å². The highest BCUT2D eigenvalue weighted by Crippen LogP contribution is 2.49. The Balaban J connectivity index is 1.16. The fourth-order valence-corrected chi connectivity index (χ4v) is 8.62. The monoisotopic (exact) mass is 619 g/mol. The highest BCUT2D eigenvalue weighted by molar-refractivity contribution is 8.00. The van der Waals surface area contributed by atoms with E-state index in [2.05, 4.69) is 72.8 Å². The van der Waals surface area contributed by atoms with Gasteiger partial charge < -0.3 is 14.7 Å². The molecular weight excluding hydrogens is 582 g/mol. The van der Waals surface area contributed by atoms with E-state index in [1.54, 1.807) is 29.2 Å². The molecule has 0 unspecified atom stereocenters. The van der Waals surface area contributed by atoms with Gasteiger partial charge in [-0.2, -0.15) is 0 Å². The minimum atomic E-state index is -1.03. The Labute approximate surface area is 268 Å². The molecule has 1 N–H and O–H groups in total. The van der Waals surface area contributed by atoms with Gasteiger partial charge in [-0.05, 0) is 53.8 Å². The molecule has 2 fully saturated rings. The van der Waals surface area contributed by atoms with E-state index in [1.165, 1.54) is 16.7 Å². The molecule has 1 amide bonds. The first-order valence-corrected chi connectivity index (χ1v) is 16.6. The highest BCUT2D eigenvalue weighted by Gasteiger charge is 2.53. The number of nitrogens with zero attached hydrogens (tertiary/aromatic N) is 1. The number of esters is 1. The van der Waals surface area contributed by atoms with Crippen LogP contribution >= 0.6 is 11.8 Å². The van der Waals surface area contributed by atoms with E-state index < -0.39 is 34.7 Å². The van der Waals surface area contributed by atoms with Crippen LogP contribution in [0.2, 0.25) is 0 Å². The molecule has 2 saturated heterocycles. The topological polar surface area (TPSA) is 83.9 Å². The molecule has 0 aromatic heterocycles. The van der Waals surface area contributed by atoms with Crippen molar-refractivity contribution in [1.82, 2.24) is 4.90 Å². The van der Waals surface area contributed by atoms with Gasteiger partial charge in [0.25, 0.3) is 0 Å². The summed E-state index contributed by atoms with van der Waals surface area (Å²) >= 11 is 1.82. The lowest BCUT2D eigenvalue weighted by atomic mass is 9.84. The second-order valence-corrected chi connectivity index (χ2v) is 13.0. The number of rotatable bonds is 11. The van der Waals surface area contributed by atoms with Crippen molar-refractivity contribution in [1.29, 1.82) is 0 Å². The SMILES string of the molecule is O=C(O[C@H]1C[C@@H]2CC[C@H]([C@H]1C(=O)O)N2C(=O)CCCSC(c1ccccc1)(c1ccccc1)c1ccccc1)c1ccccc1. The summed E-state index contributed by atoms with van der Waals surface area (Å²) in [5, 5.41) is 10.2. The van der Waals surface area contributed by atoms with Crippen LogP contribution < -0.4 is 0 Å². The van der Waals surface area contributed by atoms with Crippen LogP contribution in [-0.2, 0) is 19.1 Å². The van der Waals surface area contributed by atoms with Gasteiger partial charge in [-0.15, -0.1) is 11.8 Å². The van der Waals surface area contributed by atoms with Crippen molar-refractivity contribution in [2.45, 2.75) is 55.0 Å². The predicted molar refractivity (Wildman–Crippen MR) is 176 cm³/mol. The number of carboxylic acids is 1. The van der Waals surface area contributed by atoms with Crippen molar-refractivity contribution in [3.63, 3.8) is 0 Å². The predicted octanol–water partition coefficient (Wildman–Crippen LogP) is 7.18. The first-order chi connectivity index (χ1) is 22.0. The molecule has 6 nitrogen and oxygen atoms in total. The number of thioether (sulfide) groups is 1. The molecule has 4 aromatic carbocycles. The largest absolute Gasteiger partial charge is 0.481 e. The van der Waals surface area contributed by atoms with Gasteiger partial charge in [0.15, 0.2) is 0 Å². The number of amides is 1. The highest BCUT2D eigenvalue weighted by atomic mass is 32.2. The Kier molecular flexibility index (Phi) is 9.36. The van der Waals surface area contributed by atoms with Crippen LogP contribution in [0.1, 0.15) is 59.2 Å². The van der Waals surface area contributed by atoms with Crippen LogP contribution in [0.3, 0.4) is 0 Å². The molecule has 0 radical (unpaired) electrons. The Morgan fingerprint density at radius 2 is 1.27 bits per heavy atom. The van der Waals surface area contributed by atoms with Crippen molar-refractivity contribution < 1.29 is 24.2 Å². The fourth-order valence-electron chi connectivity index (χ4n) is 7.12. The van der Waals surface area contributed by atoms with Gasteiger partial charge in [-0.25, -0.2) is 4.79 Å². The lowest BCUT2D eigenvalue weighted by molar-refractivity contribution is -0.157. The van der Waals surface area contributed by atoms with E-state index in [0.717, 1.165) is 5.75 Å². The van der Waals surface area contributed by atoms with Gasteiger partial charge in [0.1, 0.15) is 12.0 Å². The van der Waals surface area contributed by atoms with Crippen molar-refractivity contribution in [2.24, 2.45) is 5.92 Å². The number of benzene rings is 4. The summed E-state index contributed by atoms with van der Waals surface area (Å²) in [5.74, 6) is -1.80. The zero-order chi connectivity index (χ0) is 31.2. The number of hydrogen-bond acceptors (Lipinski definition) is 5. The zero-order valence-electron chi connectivity index (χ0n) is 25.0. The molecule has 230 valence electrons. The summed E-state index contributed by atoms with van der Waals surface area (Å²) in [5.41, 5.74) is 3.91. The molecule has 4 atom stereocenters. The molecule has 45 heavy (non-hydrogen) atoms. The van der Waals surface area contributed by atoms with E-state index in [-0.39, 0.29) is 11.9 Å². The maximum absolute atomic E-state index is 13.7. The Morgan fingerprint density at radius 1 is 0.756 bits per heavy atom. The second kappa shape index (κ2) is 13.7. The van der Waals surface area contributed by atoms with Crippen molar-refractivity contribution in [3.05, 3.63) is 144 Å². The first kappa shape index (κ1) is 30.7. The van der Waals surface area contributed by atoms with E-state index in [0.29, 0.717) is 37.7 Å². The van der Waals surface area contributed by atoms with Crippen LogP contribution in [0.4, 0.5) is 0 Å². The lowest BCUT2D eigenvalue weighted by Crippen LogP contribution is -2.56. The van der Waals surface area contributed by atoms with Crippen molar-refractivity contribution in [3.8, 4) is 0 Å².